The lowest BCUT2D eigenvalue weighted by Crippen LogP contribution is -2.75. The normalized spacial score (nSPS) is 12.6. The molecule has 0 N–H and O–H groups in total. The Balaban J connectivity index is 1.01. The first-order valence-electron chi connectivity index (χ1n) is 31.7. The second-order valence-electron chi connectivity index (χ2n) is 24.2. The number of aromatic nitrogens is 1. The van der Waals surface area contributed by atoms with E-state index in [0.29, 0.717) is 6.54 Å². The molecule has 0 atom stereocenters. The minimum atomic E-state index is -3.20. The van der Waals surface area contributed by atoms with Gasteiger partial charge in [0.2, 0.25) is 0 Å². The average Bonchev–Trinajstić information content (AvgIpc) is 1.36. The first-order valence-corrected chi connectivity index (χ1v) is 35.7. The third-order valence-corrected chi connectivity index (χ3v) is 29.3. The predicted octanol–water partition coefficient (Wildman–Crippen LogP) is 13.2. The molecule has 0 fully saturated rings. The van der Waals surface area contributed by atoms with Gasteiger partial charge in [-0.2, -0.15) is 0 Å². The van der Waals surface area contributed by atoms with Crippen LogP contribution < -0.4 is 67.7 Å². The number of hydrogen-bond acceptors (Lipinski definition) is 2. The SMILES string of the molecule is c1ccc(-c2cccc3c2B2c4ccccc4N(Cc4ccccc4[Si](c4ccccc4)(c4ccccc4)c4ccccc4)c4cc(-n5c6ccccc6c6ccccc65)cc(c42)N3c2ccccc2[Si](c2ccccc2)(c2ccccc2)c2ccccc2)cc1. The summed E-state index contributed by atoms with van der Waals surface area (Å²) in [4.78, 5) is 5.41. The van der Waals surface area contributed by atoms with Crippen molar-refractivity contribution in [3.05, 3.63) is 370 Å². The molecule has 15 aromatic rings. The molecule has 428 valence electrons. The van der Waals surface area contributed by atoms with E-state index >= 15 is 0 Å². The largest absolute Gasteiger partial charge is 0.338 e. The molecule has 0 bridgehead atoms. The summed E-state index contributed by atoms with van der Waals surface area (Å²) >= 11 is 0. The highest BCUT2D eigenvalue weighted by atomic mass is 28.3. The van der Waals surface area contributed by atoms with E-state index in [-0.39, 0.29) is 6.71 Å². The Labute approximate surface area is 534 Å². The van der Waals surface area contributed by atoms with Crippen molar-refractivity contribution in [2.24, 2.45) is 0 Å². The summed E-state index contributed by atoms with van der Waals surface area (Å²) < 4.78 is 2.54. The van der Waals surface area contributed by atoms with Crippen molar-refractivity contribution in [3.8, 4) is 16.8 Å². The standard InChI is InChI=1S/C85H62BN3Si2/c1-8-33-62(34-9-1)71-50-32-56-79-84(71)86-74-51-25-28-54-77(74)87(61-63-35-22-30-57-82(63)90(65-36-10-2-11-37-65,66-38-12-3-13-39-66)67-40-14-4-15-41-67)80-59-64(88-75-52-26-23-48-72(75)73-49-24-27-53-76(73)88)60-81(85(80)86)89(79)78-55-29-31-58-83(78)91(68-42-16-5-17-43-68,69-44-18-6-19-45-69)70-46-20-7-21-47-70/h1-60H,61H2. The molecule has 3 nitrogen and oxygen atoms in total. The Kier molecular flexibility index (Phi) is 13.4. The smallest absolute Gasteiger partial charge is 0.252 e. The number of fused-ring (bicyclic) bond motifs is 7. The summed E-state index contributed by atoms with van der Waals surface area (Å²) in [6.45, 7) is 0.459. The number of anilines is 5. The molecule has 0 aliphatic carbocycles. The Hall–Kier alpha value is -11.0. The summed E-state index contributed by atoms with van der Waals surface area (Å²) in [5.74, 6) is 0. The lowest BCUT2D eigenvalue weighted by molar-refractivity contribution is 0.981. The van der Waals surface area contributed by atoms with Gasteiger partial charge in [0, 0.05) is 45.8 Å². The second-order valence-corrected chi connectivity index (χ2v) is 31.7. The molecular weight excluding hydrogens is 1130 g/mol. The molecule has 0 radical (unpaired) electrons. The third kappa shape index (κ3) is 8.55. The Morgan fingerprint density at radius 2 is 0.681 bits per heavy atom. The van der Waals surface area contributed by atoms with Crippen LogP contribution in [0.25, 0.3) is 38.6 Å². The predicted molar refractivity (Wildman–Crippen MR) is 392 cm³/mol. The molecule has 0 unspecified atom stereocenters. The molecule has 0 saturated heterocycles. The maximum absolute atomic E-state index is 3.20. The van der Waals surface area contributed by atoms with Gasteiger partial charge in [-0.05, 0) is 117 Å². The van der Waals surface area contributed by atoms with Crippen LogP contribution in [0.15, 0.2) is 364 Å². The van der Waals surface area contributed by atoms with E-state index in [1.165, 1.54) is 113 Å². The molecule has 1 aromatic heterocycles. The summed E-state index contributed by atoms with van der Waals surface area (Å²) in [6, 6.07) is 138. The van der Waals surface area contributed by atoms with Gasteiger partial charge in [0.25, 0.3) is 6.71 Å². The van der Waals surface area contributed by atoms with Crippen molar-refractivity contribution in [1.29, 1.82) is 0 Å². The number of nitrogens with zero attached hydrogens (tertiary/aromatic N) is 3. The quantitative estimate of drug-likeness (QED) is 0.0842. The lowest BCUT2D eigenvalue weighted by atomic mass is 9.32. The molecule has 0 saturated carbocycles. The summed E-state index contributed by atoms with van der Waals surface area (Å²) in [5.41, 5.74) is 16.9. The van der Waals surface area contributed by atoms with Crippen molar-refractivity contribution < 1.29 is 0 Å². The van der Waals surface area contributed by atoms with E-state index in [1.807, 2.05) is 0 Å². The van der Waals surface area contributed by atoms with E-state index < -0.39 is 16.1 Å². The number of rotatable bonds is 13. The zero-order valence-corrected chi connectivity index (χ0v) is 52.3. The van der Waals surface area contributed by atoms with Crippen LogP contribution in [0.2, 0.25) is 0 Å². The highest BCUT2D eigenvalue weighted by Crippen LogP contribution is 2.46. The second kappa shape index (κ2) is 22.5. The minimum Gasteiger partial charge on any atom is -0.338 e. The Bertz CT molecular complexity index is 4920. The molecule has 2 aliphatic rings. The van der Waals surface area contributed by atoms with Gasteiger partial charge in [0.05, 0.1) is 16.7 Å². The maximum atomic E-state index is 2.71. The maximum Gasteiger partial charge on any atom is 0.252 e. The van der Waals surface area contributed by atoms with Crippen molar-refractivity contribution in [2.75, 3.05) is 9.80 Å². The van der Waals surface area contributed by atoms with Gasteiger partial charge in [-0.1, -0.05) is 322 Å². The lowest BCUT2D eigenvalue weighted by Gasteiger charge is -2.46. The fraction of sp³-hybridized carbons (Fsp3) is 0.0118. The van der Waals surface area contributed by atoms with Gasteiger partial charge in [0.15, 0.2) is 16.1 Å². The highest BCUT2D eigenvalue weighted by Gasteiger charge is 2.49. The molecule has 6 heteroatoms. The van der Waals surface area contributed by atoms with Gasteiger partial charge in [-0.15, -0.1) is 0 Å². The Morgan fingerprint density at radius 1 is 0.286 bits per heavy atom. The average molecular weight is 1190 g/mol. The van der Waals surface area contributed by atoms with Gasteiger partial charge in [-0.25, -0.2) is 0 Å². The minimum absolute atomic E-state index is 0.152. The molecule has 14 aromatic carbocycles. The van der Waals surface area contributed by atoms with E-state index in [0.717, 1.165) is 17.1 Å². The van der Waals surface area contributed by atoms with E-state index in [4.69, 9.17) is 0 Å². The van der Waals surface area contributed by atoms with Gasteiger partial charge in [0.1, 0.15) is 0 Å². The number of benzene rings is 14. The van der Waals surface area contributed by atoms with E-state index in [1.54, 1.807) is 0 Å². The molecule has 0 amide bonds. The zero-order valence-electron chi connectivity index (χ0n) is 50.3. The van der Waals surface area contributed by atoms with Crippen LogP contribution in [-0.4, -0.2) is 27.4 Å². The molecule has 17 rings (SSSR count). The Morgan fingerprint density at radius 3 is 1.21 bits per heavy atom. The number of hydrogen-bond donors (Lipinski definition) is 0. The van der Waals surface area contributed by atoms with Crippen LogP contribution in [0.3, 0.4) is 0 Å². The fourth-order valence-electron chi connectivity index (χ4n) is 15.9. The van der Waals surface area contributed by atoms with E-state index in [9.17, 15) is 0 Å². The van der Waals surface area contributed by atoms with Gasteiger partial charge >= 0.3 is 0 Å². The number of para-hydroxylation sites is 4. The van der Waals surface area contributed by atoms with Crippen LogP contribution in [0.4, 0.5) is 28.4 Å². The molecule has 0 spiro atoms. The summed E-state index contributed by atoms with van der Waals surface area (Å²) in [5, 5.41) is 13.2. The molecular formula is C85H62BN3Si2. The topological polar surface area (TPSA) is 11.4 Å². The van der Waals surface area contributed by atoms with Crippen LogP contribution in [-0.2, 0) is 6.54 Å². The zero-order chi connectivity index (χ0) is 60.3. The highest BCUT2D eigenvalue weighted by molar-refractivity contribution is 7.21. The van der Waals surface area contributed by atoms with Crippen molar-refractivity contribution in [3.63, 3.8) is 0 Å². The first kappa shape index (κ1) is 54.2. The van der Waals surface area contributed by atoms with Crippen molar-refractivity contribution in [1.82, 2.24) is 4.57 Å². The molecule has 2 aliphatic heterocycles. The van der Waals surface area contributed by atoms with Crippen LogP contribution in [0.5, 0.6) is 0 Å². The van der Waals surface area contributed by atoms with Gasteiger partial charge in [-0.3, -0.25) is 0 Å². The van der Waals surface area contributed by atoms with Crippen molar-refractivity contribution in [2.45, 2.75) is 6.54 Å². The molecule has 3 heterocycles. The monoisotopic (exact) mass is 1190 g/mol. The summed E-state index contributed by atoms with van der Waals surface area (Å²) in [7, 11) is -6.24. The van der Waals surface area contributed by atoms with Gasteiger partial charge < -0.3 is 14.4 Å². The van der Waals surface area contributed by atoms with Crippen molar-refractivity contribution >= 4 is 131 Å². The first-order chi connectivity index (χ1) is 45.2. The molecule has 91 heavy (non-hydrogen) atoms. The van der Waals surface area contributed by atoms with E-state index in [2.05, 4.69) is 378 Å². The fourth-order valence-corrected chi connectivity index (χ4v) is 25.9. The van der Waals surface area contributed by atoms with Crippen LogP contribution >= 0.6 is 0 Å². The third-order valence-electron chi connectivity index (χ3n) is 19.6. The van der Waals surface area contributed by atoms with Crippen LogP contribution in [0.1, 0.15) is 5.56 Å². The van der Waals surface area contributed by atoms with Crippen LogP contribution in [0, 0.1) is 0 Å². The summed E-state index contributed by atoms with van der Waals surface area (Å²) in [6.07, 6.45) is 0.